The smallest absolute Gasteiger partial charge is 0.322 e. The van der Waals surface area contributed by atoms with Crippen molar-refractivity contribution in [2.75, 3.05) is 23.3 Å². The van der Waals surface area contributed by atoms with E-state index in [0.717, 1.165) is 38.9 Å². The number of benzene rings is 1. The van der Waals surface area contributed by atoms with Crippen LogP contribution in [-0.2, 0) is 6.54 Å². The number of nitrogens with zero attached hydrogens (tertiary/aromatic N) is 6. The van der Waals surface area contributed by atoms with Gasteiger partial charge in [0.2, 0.25) is 11.8 Å². The lowest BCUT2D eigenvalue weighted by Gasteiger charge is -2.37. The second kappa shape index (κ2) is 8.37. The minimum Gasteiger partial charge on any atom is -0.424 e. The molecule has 3 aromatic rings. The van der Waals surface area contributed by atoms with Gasteiger partial charge in [0.05, 0.1) is 0 Å². The van der Waals surface area contributed by atoms with E-state index in [4.69, 9.17) is 20.8 Å². The van der Waals surface area contributed by atoms with Crippen LogP contribution in [0.15, 0.2) is 28.7 Å². The Morgan fingerprint density at radius 2 is 2.03 bits per heavy atom. The number of fused-ring (bicyclic) bond motifs is 2. The number of anilines is 2. The van der Waals surface area contributed by atoms with Gasteiger partial charge >= 0.3 is 12.0 Å². The number of aryl methyl sites for hydroxylation is 2. The van der Waals surface area contributed by atoms with Gasteiger partial charge in [0, 0.05) is 37.6 Å². The Morgan fingerprint density at radius 1 is 1.23 bits per heavy atom. The van der Waals surface area contributed by atoms with Gasteiger partial charge in [-0.05, 0) is 49.3 Å². The van der Waals surface area contributed by atoms with Gasteiger partial charge < -0.3 is 19.4 Å². The first-order chi connectivity index (χ1) is 15.1. The van der Waals surface area contributed by atoms with Crippen LogP contribution in [-0.4, -0.2) is 44.1 Å². The lowest BCUT2D eigenvalue weighted by atomic mass is 9.92. The maximum absolute atomic E-state index is 6.09. The molecule has 164 valence electrons. The summed E-state index contributed by atoms with van der Waals surface area (Å²) in [5.41, 5.74) is 0. The van der Waals surface area contributed by atoms with Gasteiger partial charge in [0.15, 0.2) is 0 Å². The lowest BCUT2D eigenvalue weighted by molar-refractivity contribution is 0.357. The summed E-state index contributed by atoms with van der Waals surface area (Å²) >= 11 is 6.09. The number of hydrogen-bond donors (Lipinski definition) is 1. The van der Waals surface area contributed by atoms with Crippen LogP contribution >= 0.6 is 11.6 Å². The molecule has 0 spiro atoms. The Morgan fingerprint density at radius 3 is 2.71 bits per heavy atom. The molecule has 2 aromatic heterocycles. The van der Waals surface area contributed by atoms with E-state index >= 15 is 0 Å². The van der Waals surface area contributed by atoms with Gasteiger partial charge in [-0.15, -0.1) is 10.2 Å². The zero-order chi connectivity index (χ0) is 21.4. The zero-order valence-corrected chi connectivity index (χ0v) is 18.4. The van der Waals surface area contributed by atoms with Crippen molar-refractivity contribution in [1.82, 2.24) is 25.0 Å². The highest BCUT2D eigenvalue weighted by atomic mass is 35.5. The summed E-state index contributed by atoms with van der Waals surface area (Å²) in [5.74, 6) is 2.80. The summed E-state index contributed by atoms with van der Waals surface area (Å²) in [6.45, 7) is 6.43. The molecule has 1 saturated heterocycles. The summed E-state index contributed by atoms with van der Waals surface area (Å²) in [6.07, 6.45) is 3.25. The van der Waals surface area contributed by atoms with E-state index in [9.17, 15) is 0 Å². The van der Waals surface area contributed by atoms with Gasteiger partial charge in [-0.1, -0.05) is 29.7 Å². The van der Waals surface area contributed by atoms with Crippen LogP contribution in [0, 0.1) is 18.8 Å². The van der Waals surface area contributed by atoms with E-state index in [1.807, 2.05) is 29.8 Å². The van der Waals surface area contributed by atoms with Crippen LogP contribution in [0.3, 0.4) is 0 Å². The number of nitrogens with one attached hydrogen (secondary N) is 1. The molecule has 2 unspecified atom stereocenters. The number of hydrogen-bond acceptors (Lipinski definition) is 8. The maximum Gasteiger partial charge on any atom is 0.322 e. The molecule has 3 heterocycles. The van der Waals surface area contributed by atoms with Gasteiger partial charge in [-0.2, -0.15) is 4.98 Å². The summed E-state index contributed by atoms with van der Waals surface area (Å²) in [5, 5.41) is 17.0. The molecular weight excluding hydrogens is 418 g/mol. The number of ether oxygens (including phenoxy) is 1. The topological polar surface area (TPSA) is 94.1 Å². The quantitative estimate of drug-likeness (QED) is 0.581. The van der Waals surface area contributed by atoms with Crippen molar-refractivity contribution in [3.05, 3.63) is 35.2 Å². The number of aromatic nitrogens is 5. The molecule has 2 bridgehead atoms. The largest absolute Gasteiger partial charge is 0.424 e. The molecule has 0 amide bonds. The molecule has 1 saturated carbocycles. The zero-order valence-electron chi connectivity index (χ0n) is 17.7. The molecule has 31 heavy (non-hydrogen) atoms. The molecule has 1 aliphatic heterocycles. The molecule has 1 aliphatic carbocycles. The second-order valence-electron chi connectivity index (χ2n) is 8.28. The summed E-state index contributed by atoms with van der Waals surface area (Å²) in [6, 6.07) is 8.71. The highest BCUT2D eigenvalue weighted by Gasteiger charge is 2.43. The molecule has 2 aliphatic rings. The molecule has 2 atom stereocenters. The fourth-order valence-electron chi connectivity index (χ4n) is 4.64. The van der Waals surface area contributed by atoms with Crippen molar-refractivity contribution >= 4 is 23.6 Å². The second-order valence-corrected chi connectivity index (χ2v) is 8.71. The monoisotopic (exact) mass is 443 g/mol. The molecule has 1 N–H and O–H groups in total. The Kier molecular flexibility index (Phi) is 5.43. The van der Waals surface area contributed by atoms with E-state index in [-0.39, 0.29) is 0 Å². The van der Waals surface area contributed by atoms with Crippen LogP contribution in [0.5, 0.6) is 11.8 Å². The van der Waals surface area contributed by atoms with Crippen molar-refractivity contribution in [2.45, 2.75) is 45.7 Å². The van der Waals surface area contributed by atoms with Crippen LogP contribution in [0.25, 0.3) is 0 Å². The highest BCUT2D eigenvalue weighted by Crippen LogP contribution is 2.40. The molecule has 2 fully saturated rings. The predicted molar refractivity (Wildman–Crippen MR) is 117 cm³/mol. The van der Waals surface area contributed by atoms with Crippen molar-refractivity contribution < 1.29 is 9.15 Å². The SMILES string of the molecule is CCCn1nc(NC2C3CCC2CN(c2nnc(C)o2)C3)nc1Oc1cccc(Cl)c1. The Balaban J connectivity index is 1.31. The fourth-order valence-corrected chi connectivity index (χ4v) is 4.82. The third kappa shape index (κ3) is 4.19. The molecule has 1 aromatic carbocycles. The fraction of sp³-hybridized carbons (Fsp3) is 0.524. The average Bonchev–Trinajstić information content (AvgIpc) is 3.39. The minimum atomic E-state index is 0.316. The normalized spacial score (nSPS) is 22.7. The first-order valence-electron chi connectivity index (χ1n) is 10.8. The Labute approximate surface area is 185 Å². The van der Waals surface area contributed by atoms with Gasteiger partial charge in [0.25, 0.3) is 0 Å². The van der Waals surface area contributed by atoms with E-state index in [1.165, 1.54) is 0 Å². The molecular formula is C21H26ClN7O2. The third-order valence-electron chi connectivity index (χ3n) is 5.99. The summed E-state index contributed by atoms with van der Waals surface area (Å²) in [7, 11) is 0. The number of rotatable bonds is 7. The van der Waals surface area contributed by atoms with E-state index < -0.39 is 0 Å². The van der Waals surface area contributed by atoms with Crippen molar-refractivity contribution in [1.29, 1.82) is 0 Å². The van der Waals surface area contributed by atoms with E-state index in [1.54, 1.807) is 6.07 Å². The van der Waals surface area contributed by atoms with Crippen LogP contribution in [0.2, 0.25) is 5.02 Å². The summed E-state index contributed by atoms with van der Waals surface area (Å²) < 4.78 is 13.4. The number of piperidine rings is 1. The predicted octanol–water partition coefficient (Wildman–Crippen LogP) is 4.15. The van der Waals surface area contributed by atoms with Gasteiger partial charge in [0.1, 0.15) is 5.75 Å². The van der Waals surface area contributed by atoms with E-state index in [0.29, 0.717) is 52.5 Å². The van der Waals surface area contributed by atoms with Crippen LogP contribution in [0.1, 0.15) is 32.1 Å². The molecule has 5 rings (SSSR count). The maximum atomic E-state index is 6.09. The standard InChI is InChI=1S/C21H26ClN7O2/c1-3-9-29-20(31-17-6-4-5-16(22)10-17)24-19(27-29)23-18-14-7-8-15(18)12-28(11-14)21-26-25-13(2)30-21/h4-6,10,14-15,18H,3,7-9,11-12H2,1-2H3,(H,23,27). The third-order valence-corrected chi connectivity index (χ3v) is 6.23. The van der Waals surface area contributed by atoms with Crippen molar-refractivity contribution in [3.8, 4) is 11.8 Å². The Hall–Kier alpha value is -2.81. The van der Waals surface area contributed by atoms with Gasteiger partial charge in [-0.3, -0.25) is 0 Å². The van der Waals surface area contributed by atoms with Crippen LogP contribution in [0.4, 0.5) is 12.0 Å². The molecule has 9 nitrogen and oxygen atoms in total. The summed E-state index contributed by atoms with van der Waals surface area (Å²) in [4.78, 5) is 6.85. The minimum absolute atomic E-state index is 0.316. The van der Waals surface area contributed by atoms with Crippen molar-refractivity contribution in [2.24, 2.45) is 11.8 Å². The first kappa shape index (κ1) is 20.1. The highest BCUT2D eigenvalue weighted by molar-refractivity contribution is 6.30. The van der Waals surface area contributed by atoms with Crippen molar-refractivity contribution in [3.63, 3.8) is 0 Å². The van der Waals surface area contributed by atoms with Crippen LogP contribution < -0.4 is 15.0 Å². The molecule has 0 radical (unpaired) electrons. The van der Waals surface area contributed by atoms with E-state index in [2.05, 4.69) is 37.4 Å². The average molecular weight is 444 g/mol. The van der Waals surface area contributed by atoms with Gasteiger partial charge in [-0.25, -0.2) is 4.68 Å². The number of halogens is 1. The first-order valence-corrected chi connectivity index (χ1v) is 11.2. The lowest BCUT2D eigenvalue weighted by Crippen LogP contribution is -2.48. The molecule has 10 heteroatoms. The Bertz CT molecular complexity index is 1040.